The maximum Gasteiger partial charge on any atom is 0.115 e. The van der Waals surface area contributed by atoms with Gasteiger partial charge in [-0.05, 0) is 49.8 Å². The smallest absolute Gasteiger partial charge is 0.115 e. The van der Waals surface area contributed by atoms with Crippen molar-refractivity contribution in [2.75, 3.05) is 18.4 Å². The number of benzene rings is 1. The van der Waals surface area contributed by atoms with E-state index in [2.05, 4.69) is 29.7 Å². The normalized spacial score (nSPS) is 26.5. The first-order chi connectivity index (χ1) is 10.6. The fraction of sp³-hybridized carbons (Fsp3) is 0.529. The van der Waals surface area contributed by atoms with Gasteiger partial charge in [-0.1, -0.05) is 23.7 Å². The summed E-state index contributed by atoms with van der Waals surface area (Å²) in [5, 5.41) is 7.30. The van der Waals surface area contributed by atoms with Gasteiger partial charge in [-0.2, -0.15) is 0 Å². The number of rotatable bonds is 5. The molecule has 4 N–H and O–H groups in total. The van der Waals surface area contributed by atoms with Crippen LogP contribution in [0.15, 0.2) is 35.1 Å². The molecule has 1 aromatic carbocycles. The molecular formula is C17H24ClN3O. The molecule has 0 spiro atoms. The molecule has 120 valence electrons. The van der Waals surface area contributed by atoms with Crippen molar-refractivity contribution in [2.45, 2.75) is 38.4 Å². The van der Waals surface area contributed by atoms with E-state index < -0.39 is 0 Å². The summed E-state index contributed by atoms with van der Waals surface area (Å²) in [4.78, 5) is 0. The number of halogens is 1. The molecule has 2 atom stereocenters. The van der Waals surface area contributed by atoms with Crippen LogP contribution < -0.4 is 16.4 Å². The van der Waals surface area contributed by atoms with E-state index in [1.807, 2.05) is 12.1 Å². The van der Waals surface area contributed by atoms with E-state index in [1.165, 1.54) is 18.4 Å². The van der Waals surface area contributed by atoms with Gasteiger partial charge in [0, 0.05) is 18.8 Å². The Balaban J connectivity index is 1.61. The predicted octanol–water partition coefficient (Wildman–Crippen LogP) is 3.31. The lowest BCUT2D eigenvalue weighted by Crippen LogP contribution is -2.38. The summed E-state index contributed by atoms with van der Waals surface area (Å²) in [7, 11) is 0. The van der Waals surface area contributed by atoms with Crippen LogP contribution in [0.2, 0.25) is 0 Å². The molecule has 0 bridgehead atoms. The molecule has 5 heteroatoms. The third kappa shape index (κ3) is 4.15. The van der Waals surface area contributed by atoms with Crippen LogP contribution in [0.4, 0.5) is 5.69 Å². The molecule has 1 aliphatic heterocycles. The van der Waals surface area contributed by atoms with Gasteiger partial charge in [0.2, 0.25) is 0 Å². The van der Waals surface area contributed by atoms with Gasteiger partial charge in [-0.3, -0.25) is 0 Å². The molecule has 0 unspecified atom stereocenters. The summed E-state index contributed by atoms with van der Waals surface area (Å²) < 4.78 is 5.94. The highest BCUT2D eigenvalue weighted by atomic mass is 35.5. The van der Waals surface area contributed by atoms with Crippen molar-refractivity contribution in [2.24, 2.45) is 11.7 Å². The minimum Gasteiger partial charge on any atom is -0.384 e. The van der Waals surface area contributed by atoms with Gasteiger partial charge < -0.3 is 21.1 Å². The summed E-state index contributed by atoms with van der Waals surface area (Å²) in [5.74, 6) is 1.29. The maximum absolute atomic E-state index is 6.25. The molecule has 4 nitrogen and oxygen atoms in total. The Morgan fingerprint density at radius 1 is 1.32 bits per heavy atom. The minimum absolute atomic E-state index is 0.115. The highest BCUT2D eigenvalue weighted by Gasteiger charge is 2.23. The largest absolute Gasteiger partial charge is 0.384 e. The van der Waals surface area contributed by atoms with Gasteiger partial charge in [-0.25, -0.2) is 0 Å². The second-order valence-electron chi connectivity index (χ2n) is 6.31. The van der Waals surface area contributed by atoms with Crippen LogP contribution in [-0.2, 0) is 4.74 Å². The number of nitrogens with one attached hydrogen (secondary N) is 2. The molecule has 1 saturated heterocycles. The van der Waals surface area contributed by atoms with E-state index in [-0.39, 0.29) is 12.2 Å². The first-order valence-electron chi connectivity index (χ1n) is 7.99. The Kier molecular flexibility index (Phi) is 4.91. The zero-order valence-corrected chi connectivity index (χ0v) is 13.7. The standard InChI is InChI=1S/C17H24ClN3O/c1-11-9-20-10-16(22-11)13-4-6-14(7-5-13)21-17(19)15(18)8-12-2-3-12/h4-7,11-12,16,20-21H,2-3,8-10,19H2,1H3/b17-15-/t11-,16-/m1/s1. The van der Waals surface area contributed by atoms with E-state index in [1.54, 1.807) is 0 Å². The van der Waals surface area contributed by atoms with Crippen molar-refractivity contribution in [3.63, 3.8) is 0 Å². The number of anilines is 1. The Bertz CT molecular complexity index is 539. The lowest BCUT2D eigenvalue weighted by molar-refractivity contribution is -0.0287. The first-order valence-corrected chi connectivity index (χ1v) is 8.37. The second kappa shape index (κ2) is 6.90. The number of nitrogens with two attached hydrogens (primary N) is 1. The van der Waals surface area contributed by atoms with E-state index in [0.29, 0.717) is 5.82 Å². The molecule has 22 heavy (non-hydrogen) atoms. The Morgan fingerprint density at radius 2 is 2.05 bits per heavy atom. The van der Waals surface area contributed by atoms with Crippen LogP contribution >= 0.6 is 11.6 Å². The quantitative estimate of drug-likeness (QED) is 0.778. The van der Waals surface area contributed by atoms with Gasteiger partial charge in [0.15, 0.2) is 0 Å². The molecule has 0 aromatic heterocycles. The summed E-state index contributed by atoms with van der Waals surface area (Å²) in [6, 6.07) is 8.20. The average Bonchev–Trinajstić information content (AvgIpc) is 3.32. The van der Waals surface area contributed by atoms with Crippen LogP contribution in [0.25, 0.3) is 0 Å². The predicted molar refractivity (Wildman–Crippen MR) is 90.6 cm³/mol. The molecule has 1 aliphatic carbocycles. The maximum atomic E-state index is 6.25. The van der Waals surface area contributed by atoms with Crippen LogP contribution in [0.5, 0.6) is 0 Å². The van der Waals surface area contributed by atoms with Crippen LogP contribution in [0.1, 0.15) is 37.9 Å². The summed E-state index contributed by atoms with van der Waals surface area (Å²) in [6.07, 6.45) is 3.79. The highest BCUT2D eigenvalue weighted by molar-refractivity contribution is 6.30. The van der Waals surface area contributed by atoms with Gasteiger partial charge in [0.1, 0.15) is 5.82 Å². The van der Waals surface area contributed by atoms with E-state index in [9.17, 15) is 0 Å². The topological polar surface area (TPSA) is 59.3 Å². The van der Waals surface area contributed by atoms with Crippen molar-refractivity contribution in [1.29, 1.82) is 0 Å². The van der Waals surface area contributed by atoms with E-state index in [0.717, 1.165) is 36.1 Å². The number of ether oxygens (including phenoxy) is 1. The molecule has 1 aromatic rings. The zero-order chi connectivity index (χ0) is 15.5. The fourth-order valence-corrected chi connectivity index (χ4v) is 2.95. The second-order valence-corrected chi connectivity index (χ2v) is 6.76. The molecule has 2 aliphatic rings. The first kappa shape index (κ1) is 15.7. The fourth-order valence-electron chi connectivity index (χ4n) is 2.68. The Hall–Kier alpha value is -1.23. The number of morpholine rings is 1. The Morgan fingerprint density at radius 3 is 2.68 bits per heavy atom. The number of allylic oxidation sites excluding steroid dienone is 1. The van der Waals surface area contributed by atoms with Gasteiger partial charge >= 0.3 is 0 Å². The van der Waals surface area contributed by atoms with E-state index >= 15 is 0 Å². The molecule has 0 radical (unpaired) electrons. The van der Waals surface area contributed by atoms with Crippen molar-refractivity contribution >= 4 is 17.3 Å². The number of hydrogen-bond donors (Lipinski definition) is 3. The van der Waals surface area contributed by atoms with E-state index in [4.69, 9.17) is 22.1 Å². The van der Waals surface area contributed by atoms with Crippen molar-refractivity contribution in [1.82, 2.24) is 5.32 Å². The molecular weight excluding hydrogens is 298 g/mol. The lowest BCUT2D eigenvalue weighted by atomic mass is 10.1. The van der Waals surface area contributed by atoms with Gasteiger partial charge in [-0.15, -0.1) is 0 Å². The summed E-state index contributed by atoms with van der Waals surface area (Å²) in [5.41, 5.74) is 8.15. The van der Waals surface area contributed by atoms with Crippen LogP contribution in [0.3, 0.4) is 0 Å². The molecule has 1 heterocycles. The molecule has 2 fully saturated rings. The minimum atomic E-state index is 0.115. The Labute approximate surface area is 137 Å². The monoisotopic (exact) mass is 321 g/mol. The third-order valence-electron chi connectivity index (χ3n) is 4.18. The zero-order valence-electron chi connectivity index (χ0n) is 12.9. The summed E-state index contributed by atoms with van der Waals surface area (Å²) in [6.45, 7) is 3.85. The van der Waals surface area contributed by atoms with Crippen LogP contribution in [-0.4, -0.2) is 19.2 Å². The SMILES string of the molecule is C[C@@H]1CNC[C@H](c2ccc(N/C(N)=C(\Cl)CC3CC3)cc2)O1. The average molecular weight is 322 g/mol. The number of hydrogen-bond acceptors (Lipinski definition) is 4. The van der Waals surface area contributed by atoms with Crippen molar-refractivity contribution in [3.05, 3.63) is 40.7 Å². The molecule has 3 rings (SSSR count). The van der Waals surface area contributed by atoms with Crippen molar-refractivity contribution < 1.29 is 4.74 Å². The van der Waals surface area contributed by atoms with Crippen molar-refractivity contribution in [3.8, 4) is 0 Å². The summed E-state index contributed by atoms with van der Waals surface area (Å²) >= 11 is 6.25. The van der Waals surface area contributed by atoms with Crippen LogP contribution in [0, 0.1) is 5.92 Å². The lowest BCUT2D eigenvalue weighted by Gasteiger charge is -2.29. The molecule has 0 amide bonds. The molecule has 1 saturated carbocycles. The highest BCUT2D eigenvalue weighted by Crippen LogP contribution is 2.36. The van der Waals surface area contributed by atoms with Gasteiger partial charge in [0.05, 0.1) is 17.2 Å². The third-order valence-corrected chi connectivity index (χ3v) is 4.53. The van der Waals surface area contributed by atoms with Gasteiger partial charge in [0.25, 0.3) is 0 Å².